The largest absolute Gasteiger partial charge is 0.481 e. The van der Waals surface area contributed by atoms with Gasteiger partial charge >= 0.3 is 11.9 Å². The van der Waals surface area contributed by atoms with Crippen LogP contribution in [0, 0.1) is 56.2 Å². The lowest BCUT2D eigenvalue weighted by molar-refractivity contribution is -0.248. The highest BCUT2D eigenvalue weighted by Gasteiger charge is 2.70. The Kier molecular flexibility index (Phi) is 7.96. The molecule has 0 aromatic heterocycles. The summed E-state index contributed by atoms with van der Waals surface area (Å²) in [6.07, 6.45) is 13.4. The number of amides is 1. The number of hydrogen-bond acceptors (Lipinski definition) is 4. The third-order valence-electron chi connectivity index (χ3n) is 14.7. The van der Waals surface area contributed by atoms with Crippen LogP contribution in [0.4, 0.5) is 0 Å². The number of rotatable bonds is 7. The van der Waals surface area contributed by atoms with Crippen LogP contribution < -0.4 is 5.32 Å². The molecule has 0 aliphatic heterocycles. The van der Waals surface area contributed by atoms with Crippen LogP contribution >= 0.6 is 0 Å². The molecule has 6 nitrogen and oxygen atoms in total. The zero-order valence-corrected chi connectivity index (χ0v) is 27.9. The van der Waals surface area contributed by atoms with E-state index < -0.39 is 11.4 Å². The summed E-state index contributed by atoms with van der Waals surface area (Å²) >= 11 is 0. The molecule has 5 saturated carbocycles. The van der Waals surface area contributed by atoms with Gasteiger partial charge in [-0.25, -0.2) is 0 Å². The standard InChI is InChI=1S/C36H59NO5/c1-23(38)37-22-36-15-9-10-25(36)24-11-12-27-33(6)16-14-28(42-30(41)21-31(2,3)20-29(39)40)32(4,5)26(33)13-17-35(27,8)34(24,7)18-19-36/h24-28H,9-22H2,1-8H3,(H,37,38)(H,39,40)/t24?,25-,26?,27?,28?,33?,34-,35?,36?/m1/s1. The van der Waals surface area contributed by atoms with Gasteiger partial charge in [0.05, 0.1) is 12.8 Å². The first-order valence-corrected chi connectivity index (χ1v) is 17.1. The summed E-state index contributed by atoms with van der Waals surface area (Å²) in [5.74, 6) is 1.61. The normalized spacial score (nSPS) is 44.1. The first-order valence-electron chi connectivity index (χ1n) is 17.1. The summed E-state index contributed by atoms with van der Waals surface area (Å²) in [5.41, 5.74) is 0.395. The lowest BCUT2D eigenvalue weighted by Crippen LogP contribution is -2.66. The van der Waals surface area contributed by atoms with E-state index in [1.165, 1.54) is 57.8 Å². The van der Waals surface area contributed by atoms with Crippen molar-refractivity contribution in [3.8, 4) is 0 Å². The molecular formula is C36H59NO5. The molecule has 0 heterocycles. The number of aliphatic carboxylic acids is 1. The van der Waals surface area contributed by atoms with Gasteiger partial charge in [-0.15, -0.1) is 0 Å². The first-order chi connectivity index (χ1) is 19.4. The fraction of sp³-hybridized carbons (Fsp3) is 0.917. The van der Waals surface area contributed by atoms with E-state index in [9.17, 15) is 19.5 Å². The number of fused-ring (bicyclic) bond motifs is 7. The van der Waals surface area contributed by atoms with Crippen LogP contribution in [-0.2, 0) is 19.1 Å². The second kappa shape index (κ2) is 10.5. The number of carboxylic acids is 1. The number of carbonyl (C=O) groups is 3. The minimum atomic E-state index is -0.875. The van der Waals surface area contributed by atoms with Crippen molar-refractivity contribution in [3.63, 3.8) is 0 Å². The molecule has 0 aromatic rings. The average molecular weight is 586 g/mol. The Hall–Kier alpha value is -1.59. The molecular weight excluding hydrogens is 526 g/mol. The predicted molar refractivity (Wildman–Crippen MR) is 164 cm³/mol. The Balaban J connectivity index is 1.35. The van der Waals surface area contributed by atoms with Gasteiger partial charge in [0, 0.05) is 18.9 Å². The van der Waals surface area contributed by atoms with Crippen molar-refractivity contribution >= 4 is 17.8 Å². The van der Waals surface area contributed by atoms with E-state index in [-0.39, 0.29) is 41.7 Å². The summed E-state index contributed by atoms with van der Waals surface area (Å²) in [4.78, 5) is 36.3. The van der Waals surface area contributed by atoms with Crippen molar-refractivity contribution in [1.82, 2.24) is 5.32 Å². The number of hydrogen-bond donors (Lipinski definition) is 2. The van der Waals surface area contributed by atoms with Crippen molar-refractivity contribution in [1.29, 1.82) is 0 Å². The zero-order valence-electron chi connectivity index (χ0n) is 27.9. The van der Waals surface area contributed by atoms with Crippen molar-refractivity contribution < 1.29 is 24.2 Å². The molecule has 0 radical (unpaired) electrons. The summed E-state index contributed by atoms with van der Waals surface area (Å²) in [6, 6.07) is 0. The Morgan fingerprint density at radius 2 is 1.52 bits per heavy atom. The van der Waals surface area contributed by atoms with E-state index in [0.29, 0.717) is 28.1 Å². The molecule has 238 valence electrons. The minimum Gasteiger partial charge on any atom is -0.481 e. The Bertz CT molecular complexity index is 1100. The molecule has 5 aliphatic carbocycles. The van der Waals surface area contributed by atoms with Gasteiger partial charge in [0.25, 0.3) is 0 Å². The van der Waals surface area contributed by atoms with Crippen molar-refractivity contribution in [2.75, 3.05) is 6.54 Å². The van der Waals surface area contributed by atoms with Crippen LogP contribution in [0.3, 0.4) is 0 Å². The lowest BCUT2D eigenvalue weighted by atomic mass is 9.32. The van der Waals surface area contributed by atoms with Gasteiger partial charge in [0.1, 0.15) is 6.10 Å². The van der Waals surface area contributed by atoms with E-state index in [1.54, 1.807) is 6.92 Å². The van der Waals surface area contributed by atoms with Gasteiger partial charge < -0.3 is 15.2 Å². The molecule has 5 rings (SSSR count). The number of carbonyl (C=O) groups excluding carboxylic acids is 2. The van der Waals surface area contributed by atoms with Crippen LogP contribution in [0.2, 0.25) is 0 Å². The number of nitrogens with one attached hydrogen (secondary N) is 1. The maximum absolute atomic E-state index is 13.1. The molecule has 0 aromatic carbocycles. The van der Waals surface area contributed by atoms with Crippen LogP contribution in [0.25, 0.3) is 0 Å². The van der Waals surface area contributed by atoms with E-state index in [1.807, 2.05) is 13.8 Å². The van der Waals surface area contributed by atoms with E-state index in [4.69, 9.17) is 4.74 Å². The second-order valence-corrected chi connectivity index (χ2v) is 17.7. The quantitative estimate of drug-likeness (QED) is 0.298. The van der Waals surface area contributed by atoms with Gasteiger partial charge in [-0.3, -0.25) is 14.4 Å². The Morgan fingerprint density at radius 3 is 2.19 bits per heavy atom. The van der Waals surface area contributed by atoms with Crippen LogP contribution in [0.1, 0.15) is 139 Å². The van der Waals surface area contributed by atoms with Crippen LogP contribution in [0.5, 0.6) is 0 Å². The molecule has 2 N–H and O–H groups in total. The summed E-state index contributed by atoms with van der Waals surface area (Å²) < 4.78 is 6.22. The Labute approximate surface area is 254 Å². The van der Waals surface area contributed by atoms with Gasteiger partial charge in [-0.1, -0.05) is 54.9 Å². The van der Waals surface area contributed by atoms with E-state index >= 15 is 0 Å². The van der Waals surface area contributed by atoms with Crippen molar-refractivity contribution in [2.24, 2.45) is 56.2 Å². The van der Waals surface area contributed by atoms with Crippen molar-refractivity contribution in [2.45, 2.75) is 145 Å². The second-order valence-electron chi connectivity index (χ2n) is 17.7. The Morgan fingerprint density at radius 1 is 0.810 bits per heavy atom. The lowest BCUT2D eigenvalue weighted by Gasteiger charge is -2.72. The molecule has 0 saturated heterocycles. The molecule has 1 amide bonds. The van der Waals surface area contributed by atoms with Crippen LogP contribution in [-0.4, -0.2) is 35.6 Å². The minimum absolute atomic E-state index is 0.0356. The molecule has 7 unspecified atom stereocenters. The fourth-order valence-corrected chi connectivity index (χ4v) is 12.6. The third-order valence-corrected chi connectivity index (χ3v) is 14.7. The topological polar surface area (TPSA) is 92.7 Å². The molecule has 0 spiro atoms. The summed E-state index contributed by atoms with van der Waals surface area (Å²) in [7, 11) is 0. The molecule has 6 heteroatoms. The first kappa shape index (κ1) is 31.8. The van der Waals surface area contributed by atoms with Gasteiger partial charge in [-0.05, 0) is 115 Å². The van der Waals surface area contributed by atoms with Gasteiger partial charge in [0.2, 0.25) is 5.91 Å². The zero-order chi connectivity index (χ0) is 30.9. The smallest absolute Gasteiger partial charge is 0.306 e. The molecule has 0 bridgehead atoms. The molecule has 5 fully saturated rings. The summed E-state index contributed by atoms with van der Waals surface area (Å²) in [5, 5.41) is 12.5. The SMILES string of the molecule is CC(=O)NCC12CCC[C@@H]1C1CCC3C4(C)CCC(OC(=O)CC(C)(C)CC(=O)O)C(C)(C)C4CCC3(C)[C@]1(C)CC2. The van der Waals surface area contributed by atoms with Gasteiger partial charge in [0.15, 0.2) is 0 Å². The number of carboxylic acid groups (broad SMARTS) is 1. The average Bonchev–Trinajstić information content (AvgIpc) is 3.28. The highest BCUT2D eigenvalue weighted by molar-refractivity contribution is 5.73. The highest BCUT2D eigenvalue weighted by Crippen LogP contribution is 2.76. The summed E-state index contributed by atoms with van der Waals surface area (Å²) in [6.45, 7) is 18.8. The van der Waals surface area contributed by atoms with Crippen LogP contribution in [0.15, 0.2) is 0 Å². The molecule has 5 aliphatic rings. The fourth-order valence-electron chi connectivity index (χ4n) is 12.6. The predicted octanol–water partition coefficient (Wildman–Crippen LogP) is 7.78. The van der Waals surface area contributed by atoms with E-state index in [2.05, 4.69) is 39.9 Å². The monoisotopic (exact) mass is 585 g/mol. The van der Waals surface area contributed by atoms with Gasteiger partial charge in [-0.2, -0.15) is 0 Å². The maximum Gasteiger partial charge on any atom is 0.306 e. The molecule has 42 heavy (non-hydrogen) atoms. The maximum atomic E-state index is 13.1. The number of ether oxygens (including phenoxy) is 1. The third kappa shape index (κ3) is 4.93. The highest BCUT2D eigenvalue weighted by atomic mass is 16.5. The molecule has 9 atom stereocenters. The van der Waals surface area contributed by atoms with E-state index in [0.717, 1.165) is 31.2 Å². The van der Waals surface area contributed by atoms with Crippen molar-refractivity contribution in [3.05, 3.63) is 0 Å². The number of esters is 1.